The molecule has 0 amide bonds. The maximum absolute atomic E-state index is 12.4. The first-order chi connectivity index (χ1) is 11.2. The molecule has 0 aliphatic heterocycles. The van der Waals surface area contributed by atoms with Crippen LogP contribution in [-0.4, -0.2) is 15.6 Å². The van der Waals surface area contributed by atoms with Gasteiger partial charge in [0.05, 0.1) is 5.69 Å². The lowest BCUT2D eigenvalue weighted by Gasteiger charge is -2.04. The first-order valence-corrected chi connectivity index (χ1v) is 7.32. The maximum atomic E-state index is 12.4. The van der Waals surface area contributed by atoms with Crippen molar-refractivity contribution in [2.45, 2.75) is 13.5 Å². The SMILES string of the molecule is Cc1nn(CC(=O)c2ccccc2)c(C#N)c1-c1ccccc1. The van der Waals surface area contributed by atoms with Crippen LogP contribution in [0.3, 0.4) is 0 Å². The van der Waals surface area contributed by atoms with Gasteiger partial charge in [0.25, 0.3) is 0 Å². The van der Waals surface area contributed by atoms with Crippen LogP contribution >= 0.6 is 0 Å². The summed E-state index contributed by atoms with van der Waals surface area (Å²) in [6.07, 6.45) is 0. The number of hydrogen-bond acceptors (Lipinski definition) is 3. The lowest BCUT2D eigenvalue weighted by molar-refractivity contribution is 0.0967. The molecule has 0 aliphatic rings. The summed E-state index contributed by atoms with van der Waals surface area (Å²) in [4.78, 5) is 12.4. The fourth-order valence-electron chi connectivity index (χ4n) is 2.61. The second kappa shape index (κ2) is 6.29. The Morgan fingerprint density at radius 1 is 1.09 bits per heavy atom. The van der Waals surface area contributed by atoms with Gasteiger partial charge in [-0.05, 0) is 12.5 Å². The van der Waals surface area contributed by atoms with E-state index in [9.17, 15) is 10.1 Å². The van der Waals surface area contributed by atoms with Gasteiger partial charge in [0.1, 0.15) is 18.3 Å². The smallest absolute Gasteiger partial charge is 0.184 e. The Morgan fingerprint density at radius 2 is 1.70 bits per heavy atom. The number of aryl methyl sites for hydroxylation is 1. The average molecular weight is 301 g/mol. The van der Waals surface area contributed by atoms with Crippen molar-refractivity contribution in [3.63, 3.8) is 0 Å². The van der Waals surface area contributed by atoms with Crippen molar-refractivity contribution in [2.75, 3.05) is 0 Å². The summed E-state index contributed by atoms with van der Waals surface area (Å²) in [6.45, 7) is 1.91. The van der Waals surface area contributed by atoms with Crippen molar-refractivity contribution < 1.29 is 4.79 Å². The van der Waals surface area contributed by atoms with Crippen molar-refractivity contribution in [3.8, 4) is 17.2 Å². The Kier molecular flexibility index (Phi) is 4.03. The number of aromatic nitrogens is 2. The Hall–Kier alpha value is -3.19. The molecule has 0 unspecified atom stereocenters. The Labute approximate surface area is 134 Å². The van der Waals surface area contributed by atoms with E-state index in [2.05, 4.69) is 11.2 Å². The number of carbonyl (C=O) groups is 1. The highest BCUT2D eigenvalue weighted by Gasteiger charge is 2.18. The van der Waals surface area contributed by atoms with Gasteiger partial charge in [0.2, 0.25) is 0 Å². The van der Waals surface area contributed by atoms with E-state index in [1.54, 1.807) is 12.1 Å². The number of nitrogens with zero attached hydrogens (tertiary/aromatic N) is 3. The summed E-state index contributed by atoms with van der Waals surface area (Å²) in [7, 11) is 0. The first kappa shape index (κ1) is 14.7. The summed E-state index contributed by atoms with van der Waals surface area (Å²) in [6, 6.07) is 20.9. The van der Waals surface area contributed by atoms with Crippen molar-refractivity contribution in [3.05, 3.63) is 77.6 Å². The second-order valence-corrected chi connectivity index (χ2v) is 5.23. The van der Waals surface area contributed by atoms with Crippen molar-refractivity contribution >= 4 is 5.78 Å². The zero-order chi connectivity index (χ0) is 16.2. The van der Waals surface area contributed by atoms with Crippen LogP contribution in [0.25, 0.3) is 11.1 Å². The number of hydrogen-bond donors (Lipinski definition) is 0. The minimum atomic E-state index is -0.0655. The van der Waals surface area contributed by atoms with Gasteiger partial charge in [-0.2, -0.15) is 10.4 Å². The number of Topliss-reactive ketones (excluding diaryl/α,β-unsaturated/α-hetero) is 1. The van der Waals surface area contributed by atoms with Crippen LogP contribution in [0.2, 0.25) is 0 Å². The Balaban J connectivity index is 1.99. The van der Waals surface area contributed by atoms with Crippen molar-refractivity contribution in [1.82, 2.24) is 9.78 Å². The van der Waals surface area contributed by atoms with Crippen LogP contribution < -0.4 is 0 Å². The fraction of sp³-hybridized carbons (Fsp3) is 0.105. The lowest BCUT2D eigenvalue weighted by Crippen LogP contribution is -2.13. The topological polar surface area (TPSA) is 58.7 Å². The number of nitriles is 1. The molecule has 4 nitrogen and oxygen atoms in total. The van der Waals surface area contributed by atoms with E-state index in [-0.39, 0.29) is 12.3 Å². The third-order valence-corrected chi connectivity index (χ3v) is 3.68. The second-order valence-electron chi connectivity index (χ2n) is 5.23. The number of carbonyl (C=O) groups excluding carboxylic acids is 1. The molecule has 0 fully saturated rings. The minimum Gasteiger partial charge on any atom is -0.292 e. The number of ketones is 1. The molecule has 4 heteroatoms. The van der Waals surface area contributed by atoms with E-state index in [0.29, 0.717) is 11.3 Å². The zero-order valence-corrected chi connectivity index (χ0v) is 12.7. The number of rotatable bonds is 4. The van der Waals surface area contributed by atoms with Gasteiger partial charge in [-0.25, -0.2) is 4.68 Å². The predicted octanol–water partition coefficient (Wildman–Crippen LogP) is 3.61. The standard InChI is InChI=1S/C19H15N3O/c1-14-19(16-10-6-3-7-11-16)17(12-20)22(21-14)13-18(23)15-8-4-2-5-9-15/h2-11H,13H2,1H3. The van der Waals surface area contributed by atoms with Gasteiger partial charge in [-0.3, -0.25) is 4.79 Å². The summed E-state index contributed by atoms with van der Waals surface area (Å²) >= 11 is 0. The van der Waals surface area contributed by atoms with E-state index >= 15 is 0 Å². The summed E-state index contributed by atoms with van der Waals surface area (Å²) in [5.74, 6) is -0.0655. The van der Waals surface area contributed by atoms with E-state index in [1.807, 2.05) is 55.5 Å². The minimum absolute atomic E-state index is 0.0561. The van der Waals surface area contributed by atoms with Crippen molar-refractivity contribution in [2.24, 2.45) is 0 Å². The molecule has 23 heavy (non-hydrogen) atoms. The number of benzene rings is 2. The molecular formula is C19H15N3O. The van der Waals surface area contributed by atoms with Crippen LogP contribution in [0, 0.1) is 18.3 Å². The largest absolute Gasteiger partial charge is 0.292 e. The van der Waals surface area contributed by atoms with Crippen LogP contribution in [0.15, 0.2) is 60.7 Å². The van der Waals surface area contributed by atoms with E-state index in [0.717, 1.165) is 16.8 Å². The molecule has 1 heterocycles. The van der Waals surface area contributed by atoms with E-state index in [4.69, 9.17) is 0 Å². The van der Waals surface area contributed by atoms with Crippen LogP contribution in [-0.2, 0) is 6.54 Å². The molecule has 0 bridgehead atoms. The molecule has 2 aromatic carbocycles. The molecule has 0 saturated heterocycles. The fourth-order valence-corrected chi connectivity index (χ4v) is 2.61. The molecule has 0 N–H and O–H groups in total. The highest BCUT2D eigenvalue weighted by atomic mass is 16.1. The van der Waals surface area contributed by atoms with Crippen LogP contribution in [0.1, 0.15) is 21.7 Å². The Bertz CT molecular complexity index is 874. The van der Waals surface area contributed by atoms with Crippen molar-refractivity contribution in [1.29, 1.82) is 5.26 Å². The van der Waals surface area contributed by atoms with Gasteiger partial charge >= 0.3 is 0 Å². The van der Waals surface area contributed by atoms with Gasteiger partial charge in [-0.1, -0.05) is 60.7 Å². The van der Waals surface area contributed by atoms with Crippen LogP contribution in [0.5, 0.6) is 0 Å². The van der Waals surface area contributed by atoms with E-state index < -0.39 is 0 Å². The first-order valence-electron chi connectivity index (χ1n) is 7.32. The molecule has 0 aliphatic carbocycles. The molecule has 0 spiro atoms. The van der Waals surface area contributed by atoms with E-state index in [1.165, 1.54) is 4.68 Å². The quantitative estimate of drug-likeness (QED) is 0.692. The molecule has 3 aromatic rings. The third-order valence-electron chi connectivity index (χ3n) is 3.68. The van der Waals surface area contributed by atoms with Gasteiger partial charge in [0, 0.05) is 11.1 Å². The zero-order valence-electron chi connectivity index (χ0n) is 12.7. The molecular weight excluding hydrogens is 286 g/mol. The molecule has 0 saturated carbocycles. The molecule has 0 radical (unpaired) electrons. The monoisotopic (exact) mass is 301 g/mol. The molecule has 3 rings (SSSR count). The average Bonchev–Trinajstić information content (AvgIpc) is 2.91. The molecule has 112 valence electrons. The molecule has 1 aromatic heterocycles. The van der Waals surface area contributed by atoms with Gasteiger partial charge in [0.15, 0.2) is 5.78 Å². The maximum Gasteiger partial charge on any atom is 0.184 e. The predicted molar refractivity (Wildman–Crippen MR) is 87.9 cm³/mol. The summed E-state index contributed by atoms with van der Waals surface area (Å²) < 4.78 is 1.49. The normalized spacial score (nSPS) is 10.3. The van der Waals surface area contributed by atoms with Gasteiger partial charge in [-0.15, -0.1) is 0 Å². The molecule has 0 atom stereocenters. The summed E-state index contributed by atoms with van der Waals surface area (Å²) in [5.41, 5.74) is 3.49. The van der Waals surface area contributed by atoms with Crippen LogP contribution in [0.4, 0.5) is 0 Å². The summed E-state index contributed by atoms with van der Waals surface area (Å²) in [5, 5.41) is 13.9. The lowest BCUT2D eigenvalue weighted by atomic mass is 10.0. The Morgan fingerprint density at radius 3 is 2.30 bits per heavy atom. The third kappa shape index (κ3) is 2.90. The highest BCUT2D eigenvalue weighted by molar-refractivity contribution is 5.96. The highest BCUT2D eigenvalue weighted by Crippen LogP contribution is 2.26. The van der Waals surface area contributed by atoms with Gasteiger partial charge < -0.3 is 0 Å².